The number of hydrogen-bond donors (Lipinski definition) is 1. The first-order valence-corrected chi connectivity index (χ1v) is 9.93. The average Bonchev–Trinajstić information content (AvgIpc) is 3.46. The third kappa shape index (κ3) is 6.07. The Kier molecular flexibility index (Phi) is 6.53. The first kappa shape index (κ1) is 22.3. The van der Waals surface area contributed by atoms with Gasteiger partial charge in [0.1, 0.15) is 5.54 Å². The molecule has 0 atom stereocenters. The van der Waals surface area contributed by atoms with Crippen molar-refractivity contribution in [2.24, 2.45) is 0 Å². The van der Waals surface area contributed by atoms with Gasteiger partial charge in [0, 0.05) is 43.9 Å². The standard InChI is InChI=1S/C20H18Cl2F3N3O2/c21-15-2-1-14(13-16(15)22)3-5-19(7-8-19)26-18(30)28-11-9-27(10-12-28)17(29)4-6-20(23,24)25/h1-2,4,6,13H,7-12H2,(H,26,30)/b6-4+. The van der Waals surface area contributed by atoms with Gasteiger partial charge in [-0.25, -0.2) is 4.79 Å². The maximum Gasteiger partial charge on any atom is 0.409 e. The Labute approximate surface area is 181 Å². The predicted molar refractivity (Wildman–Crippen MR) is 107 cm³/mol. The van der Waals surface area contributed by atoms with Crippen LogP contribution in [0, 0.1) is 11.8 Å². The number of carbonyl (C=O) groups is 2. The van der Waals surface area contributed by atoms with E-state index in [-0.39, 0.29) is 38.3 Å². The zero-order chi connectivity index (χ0) is 21.9. The second-order valence-electron chi connectivity index (χ2n) is 7.08. The maximum absolute atomic E-state index is 12.5. The SMILES string of the molecule is O=C(/C=C/C(F)(F)F)N1CCN(C(=O)NC2(C#Cc3ccc(Cl)c(Cl)c3)CC2)CC1. The van der Waals surface area contributed by atoms with Gasteiger partial charge in [-0.3, -0.25) is 4.79 Å². The van der Waals surface area contributed by atoms with E-state index in [1.807, 2.05) is 0 Å². The number of urea groups is 1. The van der Waals surface area contributed by atoms with E-state index in [4.69, 9.17) is 23.2 Å². The summed E-state index contributed by atoms with van der Waals surface area (Å²) in [6.45, 7) is 0.786. The largest absolute Gasteiger partial charge is 0.409 e. The Morgan fingerprint density at radius 2 is 1.70 bits per heavy atom. The number of alkyl halides is 3. The molecule has 2 aliphatic rings. The Hall–Kier alpha value is -2.37. The van der Waals surface area contributed by atoms with Crippen LogP contribution in [-0.4, -0.2) is 59.6 Å². The molecule has 2 fully saturated rings. The van der Waals surface area contributed by atoms with Gasteiger partial charge in [0.15, 0.2) is 0 Å². The Morgan fingerprint density at radius 3 is 2.27 bits per heavy atom. The number of nitrogens with one attached hydrogen (secondary N) is 1. The molecule has 1 aromatic carbocycles. The number of amides is 3. The number of piperazine rings is 1. The van der Waals surface area contributed by atoms with E-state index >= 15 is 0 Å². The molecule has 0 bridgehead atoms. The summed E-state index contributed by atoms with van der Waals surface area (Å²) < 4.78 is 36.5. The van der Waals surface area contributed by atoms with Crippen molar-refractivity contribution in [3.8, 4) is 11.8 Å². The topological polar surface area (TPSA) is 52.7 Å². The van der Waals surface area contributed by atoms with E-state index in [0.717, 1.165) is 0 Å². The zero-order valence-electron chi connectivity index (χ0n) is 15.7. The summed E-state index contributed by atoms with van der Waals surface area (Å²) in [6, 6.07) is 4.73. The molecule has 10 heteroatoms. The second kappa shape index (κ2) is 8.78. The number of allylic oxidation sites excluding steroid dienone is 1. The zero-order valence-corrected chi connectivity index (χ0v) is 17.2. The van der Waals surface area contributed by atoms with E-state index < -0.39 is 17.6 Å². The Bertz CT molecular complexity index is 925. The molecular weight excluding hydrogens is 442 g/mol. The molecule has 0 spiro atoms. The van der Waals surface area contributed by atoms with Crippen molar-refractivity contribution in [2.75, 3.05) is 26.2 Å². The minimum absolute atomic E-state index is 0.0855. The predicted octanol–water partition coefficient (Wildman–Crippen LogP) is 3.85. The van der Waals surface area contributed by atoms with Crippen molar-refractivity contribution >= 4 is 35.1 Å². The van der Waals surface area contributed by atoms with Crippen LogP contribution in [0.1, 0.15) is 18.4 Å². The molecule has 1 heterocycles. The molecule has 1 N–H and O–H groups in total. The summed E-state index contributed by atoms with van der Waals surface area (Å²) in [5.41, 5.74) is 0.0787. The Balaban J connectivity index is 1.52. The lowest BCUT2D eigenvalue weighted by molar-refractivity contribution is -0.128. The molecular formula is C20H18Cl2F3N3O2. The summed E-state index contributed by atoms with van der Waals surface area (Å²) in [5.74, 6) is 5.34. The molecule has 3 amide bonds. The smallest absolute Gasteiger partial charge is 0.336 e. The molecule has 1 aliphatic carbocycles. The minimum atomic E-state index is -4.53. The van der Waals surface area contributed by atoms with Crippen molar-refractivity contribution in [1.29, 1.82) is 0 Å². The van der Waals surface area contributed by atoms with Crippen molar-refractivity contribution < 1.29 is 22.8 Å². The molecule has 0 aromatic heterocycles. The highest BCUT2D eigenvalue weighted by molar-refractivity contribution is 6.42. The van der Waals surface area contributed by atoms with E-state index in [1.165, 1.54) is 9.80 Å². The highest BCUT2D eigenvalue weighted by atomic mass is 35.5. The quantitative estimate of drug-likeness (QED) is 0.539. The first-order valence-electron chi connectivity index (χ1n) is 9.17. The molecule has 0 radical (unpaired) electrons. The third-order valence-electron chi connectivity index (χ3n) is 4.76. The molecule has 3 rings (SSSR count). The van der Waals surface area contributed by atoms with Crippen LogP contribution < -0.4 is 5.32 Å². The molecule has 1 saturated carbocycles. The van der Waals surface area contributed by atoms with Gasteiger partial charge in [-0.15, -0.1) is 0 Å². The molecule has 1 aromatic rings. The van der Waals surface area contributed by atoms with Crippen molar-refractivity contribution in [3.63, 3.8) is 0 Å². The lowest BCUT2D eigenvalue weighted by atomic mass is 10.2. The summed E-state index contributed by atoms with van der Waals surface area (Å²) in [5, 5.41) is 3.74. The summed E-state index contributed by atoms with van der Waals surface area (Å²) in [4.78, 5) is 27.2. The van der Waals surface area contributed by atoms with Gasteiger partial charge >= 0.3 is 12.2 Å². The number of carbonyl (C=O) groups excluding carboxylic acids is 2. The van der Waals surface area contributed by atoms with Gasteiger partial charge in [0.25, 0.3) is 0 Å². The first-order chi connectivity index (χ1) is 14.1. The lowest BCUT2D eigenvalue weighted by Gasteiger charge is -2.34. The van der Waals surface area contributed by atoms with Gasteiger partial charge in [0.05, 0.1) is 10.0 Å². The fourth-order valence-corrected chi connectivity index (χ4v) is 3.15. The molecule has 1 saturated heterocycles. The van der Waals surface area contributed by atoms with Crippen LogP contribution in [-0.2, 0) is 4.79 Å². The van der Waals surface area contributed by atoms with Gasteiger partial charge in [-0.05, 0) is 31.0 Å². The van der Waals surface area contributed by atoms with E-state index in [2.05, 4.69) is 17.2 Å². The minimum Gasteiger partial charge on any atom is -0.336 e. The van der Waals surface area contributed by atoms with Gasteiger partial charge < -0.3 is 15.1 Å². The van der Waals surface area contributed by atoms with Crippen LogP contribution in [0.4, 0.5) is 18.0 Å². The van der Waals surface area contributed by atoms with Gasteiger partial charge in [-0.2, -0.15) is 13.2 Å². The fraction of sp³-hybridized carbons (Fsp3) is 0.400. The maximum atomic E-state index is 12.5. The number of rotatable bonds is 2. The van der Waals surface area contributed by atoms with Gasteiger partial charge in [-0.1, -0.05) is 35.0 Å². The average molecular weight is 460 g/mol. The Morgan fingerprint density at radius 1 is 1.07 bits per heavy atom. The van der Waals surface area contributed by atoms with Crippen molar-refractivity contribution in [1.82, 2.24) is 15.1 Å². The monoisotopic (exact) mass is 459 g/mol. The summed E-state index contributed by atoms with van der Waals surface area (Å²) >= 11 is 11.9. The molecule has 160 valence electrons. The molecule has 5 nitrogen and oxygen atoms in total. The highest BCUT2D eigenvalue weighted by Crippen LogP contribution is 2.35. The van der Waals surface area contributed by atoms with Crippen LogP contribution in [0.5, 0.6) is 0 Å². The van der Waals surface area contributed by atoms with Crippen LogP contribution >= 0.6 is 23.2 Å². The molecule has 1 aliphatic heterocycles. The fourth-order valence-electron chi connectivity index (χ4n) is 2.86. The second-order valence-corrected chi connectivity index (χ2v) is 7.89. The number of hydrogen-bond acceptors (Lipinski definition) is 2. The lowest BCUT2D eigenvalue weighted by Crippen LogP contribution is -2.54. The highest BCUT2D eigenvalue weighted by Gasteiger charge is 2.43. The normalized spacial score (nSPS) is 18.0. The van der Waals surface area contributed by atoms with Crippen LogP contribution in [0.25, 0.3) is 0 Å². The molecule has 0 unspecified atom stereocenters. The van der Waals surface area contributed by atoms with E-state index in [1.54, 1.807) is 18.2 Å². The van der Waals surface area contributed by atoms with Crippen molar-refractivity contribution in [3.05, 3.63) is 46.0 Å². The number of benzene rings is 1. The van der Waals surface area contributed by atoms with Crippen LogP contribution in [0.15, 0.2) is 30.4 Å². The van der Waals surface area contributed by atoms with Crippen LogP contribution in [0.3, 0.4) is 0 Å². The van der Waals surface area contributed by atoms with E-state index in [9.17, 15) is 22.8 Å². The van der Waals surface area contributed by atoms with Crippen molar-refractivity contribution in [2.45, 2.75) is 24.6 Å². The number of halogens is 5. The summed E-state index contributed by atoms with van der Waals surface area (Å²) in [6.07, 6.45) is -2.68. The number of nitrogens with zero attached hydrogens (tertiary/aromatic N) is 2. The summed E-state index contributed by atoms with van der Waals surface area (Å²) in [7, 11) is 0. The van der Waals surface area contributed by atoms with E-state index in [0.29, 0.717) is 34.5 Å². The molecule has 30 heavy (non-hydrogen) atoms. The van der Waals surface area contributed by atoms with Gasteiger partial charge in [0.2, 0.25) is 5.91 Å². The van der Waals surface area contributed by atoms with Crippen LogP contribution in [0.2, 0.25) is 10.0 Å². The third-order valence-corrected chi connectivity index (χ3v) is 5.49.